The number of aromatic nitrogens is 3. The highest BCUT2D eigenvalue weighted by Crippen LogP contribution is 2.24. The summed E-state index contributed by atoms with van der Waals surface area (Å²) in [6.45, 7) is 4.51. The number of imidazole rings is 1. The average molecular weight is 398 g/mol. The van der Waals surface area contributed by atoms with Gasteiger partial charge in [-0.15, -0.1) is 0 Å². The van der Waals surface area contributed by atoms with E-state index in [0.29, 0.717) is 29.6 Å². The molecule has 0 aliphatic heterocycles. The van der Waals surface area contributed by atoms with E-state index in [1.807, 2.05) is 24.4 Å². The Balaban J connectivity index is 1.91. The molecule has 0 saturated carbocycles. The molecule has 8 nitrogen and oxygen atoms in total. The molecule has 0 aliphatic rings. The molecule has 3 aromatic heterocycles. The summed E-state index contributed by atoms with van der Waals surface area (Å²) in [4.78, 5) is 21.8. The van der Waals surface area contributed by atoms with Crippen LogP contribution in [0.1, 0.15) is 36.3 Å². The van der Waals surface area contributed by atoms with Crippen LogP contribution in [0.5, 0.6) is 11.6 Å². The topological polar surface area (TPSA) is 87.0 Å². The standard InChI is InChI=1S/C21H26N4O4/c1-14(2)29-17-11-19-22-15(7-6-10-27-3)12-25(19)13-16(17)21(26)24-18-8-5-9-20(23-18)28-4/h5,8-9,11-14H,6-7,10H2,1-4H3,(H,23,24,26). The van der Waals surface area contributed by atoms with Gasteiger partial charge in [-0.05, 0) is 32.8 Å². The molecule has 0 bridgehead atoms. The molecule has 0 radical (unpaired) electrons. The minimum atomic E-state index is -0.321. The van der Waals surface area contributed by atoms with Crippen molar-refractivity contribution in [2.75, 3.05) is 26.1 Å². The molecule has 3 rings (SSSR count). The van der Waals surface area contributed by atoms with Gasteiger partial charge < -0.3 is 23.9 Å². The van der Waals surface area contributed by atoms with E-state index in [0.717, 1.165) is 24.2 Å². The minimum absolute atomic E-state index is 0.0879. The zero-order valence-electron chi connectivity index (χ0n) is 17.1. The highest BCUT2D eigenvalue weighted by molar-refractivity contribution is 6.05. The molecule has 0 aliphatic carbocycles. The number of rotatable bonds is 9. The molecule has 0 fully saturated rings. The van der Waals surface area contributed by atoms with E-state index >= 15 is 0 Å². The van der Waals surface area contributed by atoms with E-state index < -0.39 is 0 Å². The maximum Gasteiger partial charge on any atom is 0.262 e. The average Bonchev–Trinajstić information content (AvgIpc) is 3.08. The van der Waals surface area contributed by atoms with Gasteiger partial charge in [0.25, 0.3) is 5.91 Å². The molecule has 0 aromatic carbocycles. The van der Waals surface area contributed by atoms with Crippen LogP contribution in [0.2, 0.25) is 0 Å². The number of hydrogen-bond donors (Lipinski definition) is 1. The number of aryl methyl sites for hydroxylation is 1. The van der Waals surface area contributed by atoms with Gasteiger partial charge in [-0.25, -0.2) is 4.98 Å². The van der Waals surface area contributed by atoms with Crippen molar-refractivity contribution in [1.82, 2.24) is 14.4 Å². The number of nitrogens with one attached hydrogen (secondary N) is 1. The molecular formula is C21H26N4O4. The van der Waals surface area contributed by atoms with E-state index in [1.165, 1.54) is 7.11 Å². The Morgan fingerprint density at radius 2 is 2.03 bits per heavy atom. The molecule has 1 N–H and O–H groups in total. The smallest absolute Gasteiger partial charge is 0.262 e. The molecular weight excluding hydrogens is 372 g/mol. The number of pyridine rings is 2. The highest BCUT2D eigenvalue weighted by atomic mass is 16.5. The van der Waals surface area contributed by atoms with Crippen molar-refractivity contribution in [3.63, 3.8) is 0 Å². The molecule has 3 heterocycles. The Hall–Kier alpha value is -3.13. The van der Waals surface area contributed by atoms with Crippen LogP contribution in [0.3, 0.4) is 0 Å². The van der Waals surface area contributed by atoms with Crippen molar-refractivity contribution in [3.8, 4) is 11.6 Å². The summed E-state index contributed by atoms with van der Waals surface area (Å²) in [5, 5.41) is 2.80. The number of nitrogens with zero attached hydrogens (tertiary/aromatic N) is 3. The molecule has 0 unspecified atom stereocenters. The summed E-state index contributed by atoms with van der Waals surface area (Å²) >= 11 is 0. The number of amides is 1. The highest BCUT2D eigenvalue weighted by Gasteiger charge is 2.18. The first-order valence-electron chi connectivity index (χ1n) is 9.49. The van der Waals surface area contributed by atoms with Crippen molar-refractivity contribution in [3.05, 3.63) is 47.9 Å². The predicted molar refractivity (Wildman–Crippen MR) is 110 cm³/mol. The van der Waals surface area contributed by atoms with Gasteiger partial charge in [-0.3, -0.25) is 4.79 Å². The Morgan fingerprint density at radius 1 is 1.21 bits per heavy atom. The maximum atomic E-state index is 13.0. The first kappa shape index (κ1) is 20.6. The first-order chi connectivity index (χ1) is 14.0. The van der Waals surface area contributed by atoms with Gasteiger partial charge in [-0.2, -0.15) is 4.98 Å². The quantitative estimate of drug-likeness (QED) is 0.556. The Kier molecular flexibility index (Phi) is 6.66. The molecule has 0 atom stereocenters. The van der Waals surface area contributed by atoms with Gasteiger partial charge in [-0.1, -0.05) is 6.07 Å². The van der Waals surface area contributed by atoms with Gasteiger partial charge in [0.05, 0.1) is 24.5 Å². The van der Waals surface area contributed by atoms with E-state index in [-0.39, 0.29) is 12.0 Å². The van der Waals surface area contributed by atoms with Gasteiger partial charge in [0.1, 0.15) is 17.2 Å². The summed E-state index contributed by atoms with van der Waals surface area (Å²) in [5.41, 5.74) is 2.06. The fourth-order valence-corrected chi connectivity index (χ4v) is 2.89. The zero-order chi connectivity index (χ0) is 20.8. The monoisotopic (exact) mass is 398 g/mol. The number of anilines is 1. The van der Waals surface area contributed by atoms with Crippen LogP contribution in [0, 0.1) is 0 Å². The van der Waals surface area contributed by atoms with Crippen molar-refractivity contribution >= 4 is 17.4 Å². The van der Waals surface area contributed by atoms with Crippen LogP contribution in [0.4, 0.5) is 5.82 Å². The summed E-state index contributed by atoms with van der Waals surface area (Å²) in [6.07, 6.45) is 5.24. The Morgan fingerprint density at radius 3 is 2.76 bits per heavy atom. The van der Waals surface area contributed by atoms with E-state index in [1.54, 1.807) is 37.6 Å². The van der Waals surface area contributed by atoms with Crippen molar-refractivity contribution in [2.45, 2.75) is 32.8 Å². The predicted octanol–water partition coefficient (Wildman–Crippen LogP) is 3.36. The van der Waals surface area contributed by atoms with Gasteiger partial charge in [0.15, 0.2) is 0 Å². The van der Waals surface area contributed by atoms with Crippen molar-refractivity contribution in [1.29, 1.82) is 0 Å². The lowest BCUT2D eigenvalue weighted by molar-refractivity contribution is 0.102. The molecule has 1 amide bonds. The SMILES string of the molecule is COCCCc1cn2cc(C(=O)Nc3cccc(OC)n3)c(OC(C)C)cc2n1. The van der Waals surface area contributed by atoms with Crippen LogP contribution in [0.15, 0.2) is 36.7 Å². The molecule has 0 spiro atoms. The maximum absolute atomic E-state index is 13.0. The number of ether oxygens (including phenoxy) is 3. The molecule has 29 heavy (non-hydrogen) atoms. The van der Waals surface area contributed by atoms with Crippen LogP contribution in [-0.2, 0) is 11.2 Å². The first-order valence-corrected chi connectivity index (χ1v) is 9.49. The largest absolute Gasteiger partial charge is 0.490 e. The lowest BCUT2D eigenvalue weighted by atomic mass is 10.2. The summed E-state index contributed by atoms with van der Waals surface area (Å²) in [6, 6.07) is 6.96. The molecule has 8 heteroatoms. The second-order valence-corrected chi connectivity index (χ2v) is 6.83. The molecule has 154 valence electrons. The fraction of sp³-hybridized carbons (Fsp3) is 0.381. The van der Waals surface area contributed by atoms with E-state index in [4.69, 9.17) is 14.2 Å². The van der Waals surface area contributed by atoms with Crippen LogP contribution in [-0.4, -0.2) is 47.2 Å². The number of carbonyl (C=O) groups excluding carboxylic acids is 1. The number of methoxy groups -OCH3 is 2. The van der Waals surface area contributed by atoms with E-state index in [2.05, 4.69) is 15.3 Å². The van der Waals surface area contributed by atoms with Crippen LogP contribution in [0.25, 0.3) is 5.65 Å². The summed E-state index contributed by atoms with van der Waals surface area (Å²) in [5.74, 6) is 0.975. The lowest BCUT2D eigenvalue weighted by Gasteiger charge is -2.14. The number of hydrogen-bond acceptors (Lipinski definition) is 6. The number of fused-ring (bicyclic) bond motifs is 1. The van der Waals surface area contributed by atoms with Crippen molar-refractivity contribution < 1.29 is 19.0 Å². The Labute approximate surface area is 169 Å². The molecule has 0 saturated heterocycles. The van der Waals surface area contributed by atoms with Crippen LogP contribution >= 0.6 is 0 Å². The summed E-state index contributed by atoms with van der Waals surface area (Å²) in [7, 11) is 3.21. The summed E-state index contributed by atoms with van der Waals surface area (Å²) < 4.78 is 17.9. The van der Waals surface area contributed by atoms with Gasteiger partial charge in [0.2, 0.25) is 5.88 Å². The lowest BCUT2D eigenvalue weighted by Crippen LogP contribution is -2.17. The third-order valence-electron chi connectivity index (χ3n) is 4.17. The van der Waals surface area contributed by atoms with Crippen molar-refractivity contribution in [2.24, 2.45) is 0 Å². The fourth-order valence-electron chi connectivity index (χ4n) is 2.89. The second-order valence-electron chi connectivity index (χ2n) is 6.83. The normalized spacial score (nSPS) is 11.1. The van der Waals surface area contributed by atoms with Gasteiger partial charge in [0, 0.05) is 38.2 Å². The number of carbonyl (C=O) groups is 1. The Bertz CT molecular complexity index is 984. The molecule has 3 aromatic rings. The van der Waals surface area contributed by atoms with E-state index in [9.17, 15) is 4.79 Å². The van der Waals surface area contributed by atoms with Gasteiger partial charge >= 0.3 is 0 Å². The van der Waals surface area contributed by atoms with Crippen LogP contribution < -0.4 is 14.8 Å². The third-order valence-corrected chi connectivity index (χ3v) is 4.17. The second kappa shape index (κ2) is 9.38. The zero-order valence-corrected chi connectivity index (χ0v) is 17.1. The third kappa shape index (κ3) is 5.23. The minimum Gasteiger partial charge on any atom is -0.490 e.